The molecule has 0 bridgehead atoms. The Kier molecular flexibility index (Phi) is 60.0. The fraction of sp³-hybridized carbons (Fsp3) is 0.510. The van der Waals surface area contributed by atoms with Gasteiger partial charge in [0.25, 0.3) is 0 Å². The molecule has 0 aliphatic rings. The molecule has 0 fully saturated rings. The Hall–Kier alpha value is -8.54. The molecular formula is C102H149NO14. The molecule has 0 aromatic heterocycles. The lowest BCUT2D eigenvalue weighted by molar-refractivity contribution is -0.119. The fourth-order valence-electron chi connectivity index (χ4n) is 11.9. The van der Waals surface area contributed by atoms with Crippen LogP contribution in [0.1, 0.15) is 273 Å². The molecule has 0 aliphatic heterocycles. The van der Waals surface area contributed by atoms with E-state index in [0.717, 1.165) is 169 Å². The highest BCUT2D eigenvalue weighted by Gasteiger charge is 2.13. The van der Waals surface area contributed by atoms with Gasteiger partial charge >= 0.3 is 0 Å². The van der Waals surface area contributed by atoms with Crippen molar-refractivity contribution in [3.63, 3.8) is 0 Å². The third kappa shape index (κ3) is 52.8. The third-order valence-corrected chi connectivity index (χ3v) is 19.2. The Morgan fingerprint density at radius 1 is 0.342 bits per heavy atom. The summed E-state index contributed by atoms with van der Waals surface area (Å²) in [5.74, 6) is 5.36. The molecule has 646 valence electrons. The van der Waals surface area contributed by atoms with Crippen LogP contribution in [0.2, 0.25) is 0 Å². The molecule has 8 aromatic rings. The number of carbonyl (C=O) groups is 2. The number of nitrogens with two attached hydrogens (primary N) is 1. The molecule has 7 N–H and O–H groups in total. The average Bonchev–Trinajstić information content (AvgIpc) is 0.895. The Bertz CT molecular complexity index is 3700. The van der Waals surface area contributed by atoms with Gasteiger partial charge in [0.2, 0.25) is 5.91 Å². The van der Waals surface area contributed by atoms with Crippen LogP contribution in [0, 0.1) is 5.92 Å². The topological polar surface area (TPSA) is 226 Å². The maximum Gasteiger partial charge on any atom is 0.217 e. The number of carbonyl (C=O) groups excluding carboxylic acids is 2. The molecule has 15 nitrogen and oxygen atoms in total. The van der Waals surface area contributed by atoms with E-state index < -0.39 is 24.4 Å². The highest BCUT2D eigenvalue weighted by molar-refractivity contribution is 5.77. The van der Waals surface area contributed by atoms with Crippen molar-refractivity contribution in [2.75, 3.05) is 52.9 Å². The molecule has 1 amide bonds. The lowest BCUT2D eigenvalue weighted by Crippen LogP contribution is -2.23. The Labute approximate surface area is 705 Å². The average molecular weight is 1610 g/mol. The summed E-state index contributed by atoms with van der Waals surface area (Å²) in [4.78, 5) is 21.7. The maximum absolute atomic E-state index is 11.1. The van der Waals surface area contributed by atoms with Crippen molar-refractivity contribution in [3.8, 4) is 34.5 Å². The van der Waals surface area contributed by atoms with Crippen LogP contribution in [-0.2, 0) is 53.0 Å². The van der Waals surface area contributed by atoms with E-state index in [9.17, 15) is 30.0 Å². The van der Waals surface area contributed by atoms with E-state index >= 15 is 0 Å². The summed E-state index contributed by atoms with van der Waals surface area (Å²) in [6, 6.07) is 68.8. The van der Waals surface area contributed by atoms with Gasteiger partial charge in [0.1, 0.15) is 53.5 Å². The second-order valence-corrected chi connectivity index (χ2v) is 30.2. The molecule has 0 saturated carbocycles. The summed E-state index contributed by atoms with van der Waals surface area (Å²) in [6.07, 6.45) is 26.6. The van der Waals surface area contributed by atoms with Gasteiger partial charge in [0.05, 0.1) is 57.5 Å². The van der Waals surface area contributed by atoms with Crippen LogP contribution in [0.3, 0.4) is 0 Å². The zero-order valence-electron chi connectivity index (χ0n) is 72.9. The number of rotatable bonds is 54. The molecule has 0 saturated heterocycles. The van der Waals surface area contributed by atoms with Crippen molar-refractivity contribution in [1.29, 1.82) is 0 Å². The molecule has 117 heavy (non-hydrogen) atoms. The molecule has 15 heteroatoms. The number of ether oxygens (including phenoxy) is 7. The van der Waals surface area contributed by atoms with Gasteiger partial charge < -0.3 is 64.4 Å². The molecule has 4 unspecified atom stereocenters. The van der Waals surface area contributed by atoms with E-state index in [1.165, 1.54) is 84.7 Å². The first-order valence-corrected chi connectivity index (χ1v) is 44.1. The minimum atomic E-state index is -0.441. The number of amides is 1. The van der Waals surface area contributed by atoms with Crippen molar-refractivity contribution >= 4 is 11.7 Å². The predicted octanol–water partition coefficient (Wildman–Crippen LogP) is 23.0. The van der Waals surface area contributed by atoms with Crippen LogP contribution in [-0.4, -0.2) is 102 Å². The first kappa shape index (κ1) is 103. The van der Waals surface area contributed by atoms with Gasteiger partial charge in [-0.1, -0.05) is 234 Å². The molecule has 8 rings (SSSR count). The first-order valence-electron chi connectivity index (χ1n) is 44.1. The molecule has 0 spiro atoms. The number of Topliss-reactive ketones (excluding diaryl/α,β-unsaturated/α-hetero) is 1. The number of aryl methyl sites for hydroxylation is 5. The second-order valence-electron chi connectivity index (χ2n) is 30.2. The van der Waals surface area contributed by atoms with Gasteiger partial charge in [0, 0.05) is 32.5 Å². The summed E-state index contributed by atoms with van der Waals surface area (Å²) < 4.78 is 39.7. The van der Waals surface area contributed by atoms with E-state index in [4.69, 9.17) is 44.0 Å². The van der Waals surface area contributed by atoms with E-state index in [1.807, 2.05) is 150 Å². The summed E-state index contributed by atoms with van der Waals surface area (Å²) >= 11 is 0. The van der Waals surface area contributed by atoms with Crippen LogP contribution in [0.5, 0.6) is 34.5 Å². The van der Waals surface area contributed by atoms with E-state index in [2.05, 4.69) is 119 Å². The number of ketones is 1. The Balaban J connectivity index is 0.000000365. The minimum Gasteiger partial charge on any atom is -0.494 e. The standard InChI is InChI=1S/C22H30O2.C20H26O2.C16H24O3.2C15H24O2.C14H21NO3/c1-2-3-11-20-14-10-15-22(18-20)24-17-9-5-8-16-23-19-21-12-6-4-7-13-21;1-2-3-8-18-11-7-12-20(15-18)22-16-19(21)14-13-17-9-5-4-6-10-17;1-3-7-16(18)13-8-5-10-15(12-13)19-11-6-9-14(17)4-2;1-4-5-7-13-8-6-9-14(10-13)17-11-15(16)12(2)3;1-2-3-8-14-9-7-10-15(13-14)17-12-6-4-5-11-16;1-2-5-13(16)11-6-3-7-12(10-11)18-9-4-8-14(15)17/h4,6-7,10,12-15,18H,2-3,5,8-9,11,16-17,19H2,1H3;4-7,9-12,15,19,21H,2-3,8,13-14,16H2,1H3;5,8,10,12,16,18H,3-4,6-7,9,11H2,1-2H3;6,8-10,12,15-16H,4-5,7,11H2,1-3H3;7,9-10,13,16H,2-6,8,11-12H2,1H3;3,6-7,10,13,16H,2,4-5,8-9H2,1H3,(H2,15,17). The van der Waals surface area contributed by atoms with Crippen LogP contribution < -0.4 is 34.2 Å². The second kappa shape index (κ2) is 68.4. The van der Waals surface area contributed by atoms with Crippen molar-refractivity contribution < 1.29 is 68.3 Å². The SMILES string of the molecule is CCCC(O)c1cccc(OCCCC(=O)CC)c1.CCCC(O)c1cccc(OCCCC(N)=O)c1.CCCCc1cccc(OCC(O)C(C)C)c1.CCCCc1cccc(OCC(O)CCc2ccccc2)c1.CCCCc1cccc(OCCCCCO)c1.CCCCc1cccc(OCCCCCOCc2ccccc2)c1. The highest BCUT2D eigenvalue weighted by atomic mass is 16.5. The predicted molar refractivity (Wildman–Crippen MR) is 481 cm³/mol. The van der Waals surface area contributed by atoms with Crippen LogP contribution in [0.15, 0.2) is 206 Å². The van der Waals surface area contributed by atoms with E-state index in [0.29, 0.717) is 64.5 Å². The van der Waals surface area contributed by atoms with E-state index in [-0.39, 0.29) is 24.2 Å². The number of hydrogen-bond acceptors (Lipinski definition) is 14. The third-order valence-electron chi connectivity index (χ3n) is 19.2. The van der Waals surface area contributed by atoms with Gasteiger partial charge in [-0.3, -0.25) is 9.59 Å². The molecular weight excluding hydrogens is 1460 g/mol. The largest absolute Gasteiger partial charge is 0.494 e. The van der Waals surface area contributed by atoms with E-state index in [1.54, 1.807) is 0 Å². The quantitative estimate of drug-likeness (QED) is 0.0195. The normalized spacial score (nSPS) is 11.7. The number of benzene rings is 8. The summed E-state index contributed by atoms with van der Waals surface area (Å²) in [5.41, 5.74) is 14.6. The monoisotopic (exact) mass is 1610 g/mol. The lowest BCUT2D eigenvalue weighted by atomic mass is 10.1. The first-order chi connectivity index (χ1) is 56.9. The van der Waals surface area contributed by atoms with Crippen molar-refractivity contribution in [2.24, 2.45) is 11.7 Å². The Morgan fingerprint density at radius 2 is 0.701 bits per heavy atom. The van der Waals surface area contributed by atoms with Crippen molar-refractivity contribution in [2.45, 2.75) is 280 Å². The molecule has 0 radical (unpaired) electrons. The number of aliphatic hydroxyl groups excluding tert-OH is 5. The number of unbranched alkanes of at least 4 members (excludes halogenated alkanes) is 8. The summed E-state index contributed by atoms with van der Waals surface area (Å²) in [7, 11) is 0. The summed E-state index contributed by atoms with van der Waals surface area (Å²) in [5, 5.41) is 48.2. The number of hydrogen-bond donors (Lipinski definition) is 6. The van der Waals surface area contributed by atoms with Crippen LogP contribution in [0.4, 0.5) is 0 Å². The zero-order chi connectivity index (χ0) is 85.0. The zero-order valence-corrected chi connectivity index (χ0v) is 72.9. The molecule has 8 aromatic carbocycles. The van der Waals surface area contributed by atoms with Crippen LogP contribution >= 0.6 is 0 Å². The van der Waals surface area contributed by atoms with Gasteiger partial charge in [-0.05, 0) is 252 Å². The molecule has 0 aliphatic carbocycles. The minimum absolute atomic E-state index is 0.235. The lowest BCUT2D eigenvalue weighted by Gasteiger charge is -2.15. The van der Waals surface area contributed by atoms with Crippen molar-refractivity contribution in [3.05, 3.63) is 251 Å². The van der Waals surface area contributed by atoms with Gasteiger partial charge in [0.15, 0.2) is 0 Å². The fourth-order valence-corrected chi connectivity index (χ4v) is 11.9. The Morgan fingerprint density at radius 3 is 1.09 bits per heavy atom. The van der Waals surface area contributed by atoms with Crippen LogP contribution in [0.25, 0.3) is 0 Å². The van der Waals surface area contributed by atoms with Gasteiger partial charge in [-0.15, -0.1) is 0 Å². The maximum atomic E-state index is 11.1. The molecule has 4 atom stereocenters. The van der Waals surface area contributed by atoms with Gasteiger partial charge in [-0.25, -0.2) is 0 Å². The smallest absolute Gasteiger partial charge is 0.217 e. The highest BCUT2D eigenvalue weighted by Crippen LogP contribution is 2.26. The summed E-state index contributed by atoms with van der Waals surface area (Å²) in [6.45, 7) is 23.8. The number of aliphatic hydroxyl groups is 5. The van der Waals surface area contributed by atoms with Crippen molar-refractivity contribution in [1.82, 2.24) is 0 Å². The molecule has 0 heterocycles. The van der Waals surface area contributed by atoms with Gasteiger partial charge in [-0.2, -0.15) is 0 Å². The number of primary amides is 1.